The van der Waals surface area contributed by atoms with Crippen molar-refractivity contribution < 1.29 is 18.7 Å². The molecular formula is C18H21ClFN3O3. The predicted molar refractivity (Wildman–Crippen MR) is 94.4 cm³/mol. The summed E-state index contributed by atoms with van der Waals surface area (Å²) in [6.07, 6.45) is 2.11. The second-order valence-corrected chi connectivity index (χ2v) is 7.52. The summed E-state index contributed by atoms with van der Waals surface area (Å²) in [5, 5.41) is 0.0183. The fourth-order valence-electron chi connectivity index (χ4n) is 4.19. The lowest BCUT2D eigenvalue weighted by atomic mass is 9.97. The Bertz CT molecular complexity index is 751. The maximum Gasteiger partial charge on any atom is 0.250 e. The lowest BCUT2D eigenvalue weighted by Gasteiger charge is -2.43. The van der Waals surface area contributed by atoms with Crippen molar-refractivity contribution in [3.63, 3.8) is 0 Å². The highest BCUT2D eigenvalue weighted by molar-refractivity contribution is 6.31. The number of ether oxygens (including phenoxy) is 1. The van der Waals surface area contributed by atoms with Gasteiger partial charge in [0.05, 0.1) is 11.1 Å². The number of likely N-dealkylation sites (tertiary alicyclic amines) is 1. The van der Waals surface area contributed by atoms with Crippen LogP contribution in [-0.2, 0) is 14.3 Å². The second-order valence-electron chi connectivity index (χ2n) is 7.12. The summed E-state index contributed by atoms with van der Waals surface area (Å²) in [6, 6.07) is 4.17. The Kier molecular flexibility index (Phi) is 4.41. The number of hydrogen-bond acceptors (Lipinski definition) is 4. The van der Waals surface area contributed by atoms with Crippen molar-refractivity contribution in [3.8, 4) is 0 Å². The summed E-state index contributed by atoms with van der Waals surface area (Å²) in [5.74, 6) is -0.467. The Hall–Kier alpha value is -1.70. The van der Waals surface area contributed by atoms with Crippen LogP contribution >= 0.6 is 11.6 Å². The van der Waals surface area contributed by atoms with Gasteiger partial charge in [0, 0.05) is 45.2 Å². The summed E-state index contributed by atoms with van der Waals surface area (Å²) in [7, 11) is 1.78. The van der Waals surface area contributed by atoms with Crippen molar-refractivity contribution in [2.75, 3.05) is 38.2 Å². The molecular weight excluding hydrogens is 361 g/mol. The number of nitrogens with zero attached hydrogens (tertiary/aromatic N) is 3. The first-order chi connectivity index (χ1) is 12.4. The number of anilines is 1. The topological polar surface area (TPSA) is 53.1 Å². The van der Waals surface area contributed by atoms with E-state index in [-0.39, 0.29) is 29.5 Å². The number of rotatable bonds is 2. The van der Waals surface area contributed by atoms with Gasteiger partial charge in [0.15, 0.2) is 0 Å². The molecule has 0 aliphatic carbocycles. The second kappa shape index (κ2) is 6.48. The minimum Gasteiger partial charge on any atom is -0.346 e. The molecule has 26 heavy (non-hydrogen) atoms. The largest absolute Gasteiger partial charge is 0.346 e. The first-order valence-corrected chi connectivity index (χ1v) is 9.20. The zero-order chi connectivity index (χ0) is 18.5. The molecule has 140 valence electrons. The molecule has 1 aromatic carbocycles. The fraction of sp³-hybridized carbons (Fsp3) is 0.556. The summed E-state index contributed by atoms with van der Waals surface area (Å²) in [6.45, 7) is 2.12. The number of amides is 2. The van der Waals surface area contributed by atoms with Crippen molar-refractivity contribution in [3.05, 3.63) is 29.0 Å². The number of likely N-dealkylation sites (N-methyl/N-ethyl adjacent to an activating group) is 1. The van der Waals surface area contributed by atoms with Crippen LogP contribution in [0.15, 0.2) is 18.2 Å². The van der Waals surface area contributed by atoms with Crippen LogP contribution in [-0.4, -0.2) is 66.7 Å². The van der Waals surface area contributed by atoms with Gasteiger partial charge in [-0.3, -0.25) is 14.5 Å². The highest BCUT2D eigenvalue weighted by atomic mass is 35.5. The van der Waals surface area contributed by atoms with Crippen LogP contribution in [0, 0.1) is 5.82 Å². The summed E-state index contributed by atoms with van der Waals surface area (Å²) in [4.78, 5) is 30.2. The third kappa shape index (κ3) is 2.78. The van der Waals surface area contributed by atoms with Gasteiger partial charge < -0.3 is 14.5 Å². The van der Waals surface area contributed by atoms with Gasteiger partial charge in [-0.1, -0.05) is 11.6 Å². The van der Waals surface area contributed by atoms with Gasteiger partial charge in [0.2, 0.25) is 5.91 Å². The van der Waals surface area contributed by atoms with Crippen LogP contribution < -0.4 is 4.90 Å². The Morgan fingerprint density at radius 2 is 1.96 bits per heavy atom. The van der Waals surface area contributed by atoms with Gasteiger partial charge in [-0.15, -0.1) is 0 Å². The third-order valence-electron chi connectivity index (χ3n) is 5.86. The van der Waals surface area contributed by atoms with E-state index in [0.717, 1.165) is 6.42 Å². The molecule has 1 atom stereocenters. The maximum atomic E-state index is 13.4. The Balaban J connectivity index is 1.43. The molecule has 1 spiro atoms. The molecule has 6 nitrogen and oxygen atoms in total. The molecule has 3 aliphatic heterocycles. The van der Waals surface area contributed by atoms with Crippen molar-refractivity contribution in [2.45, 2.75) is 31.0 Å². The number of carbonyl (C=O) groups excluding carboxylic acids is 2. The molecule has 0 radical (unpaired) electrons. The van der Waals surface area contributed by atoms with Gasteiger partial charge in [-0.2, -0.15) is 0 Å². The smallest absolute Gasteiger partial charge is 0.250 e. The molecule has 3 heterocycles. The number of benzene rings is 1. The first kappa shape index (κ1) is 17.7. The molecule has 3 saturated heterocycles. The van der Waals surface area contributed by atoms with Crippen LogP contribution in [0.1, 0.15) is 19.3 Å². The first-order valence-electron chi connectivity index (χ1n) is 8.82. The van der Waals surface area contributed by atoms with E-state index in [9.17, 15) is 14.0 Å². The fourth-order valence-corrected chi connectivity index (χ4v) is 4.37. The van der Waals surface area contributed by atoms with Crippen molar-refractivity contribution in [2.24, 2.45) is 0 Å². The predicted octanol–water partition coefficient (Wildman–Crippen LogP) is 1.87. The number of piperidine rings is 1. The lowest BCUT2D eigenvalue weighted by Crippen LogP contribution is -2.55. The van der Waals surface area contributed by atoms with Gasteiger partial charge in [-0.05, 0) is 24.6 Å². The Morgan fingerprint density at radius 3 is 2.58 bits per heavy atom. The van der Waals surface area contributed by atoms with E-state index < -0.39 is 11.5 Å². The van der Waals surface area contributed by atoms with Gasteiger partial charge in [0.25, 0.3) is 5.91 Å². The van der Waals surface area contributed by atoms with Crippen molar-refractivity contribution in [1.29, 1.82) is 0 Å². The number of carbonyl (C=O) groups is 2. The van der Waals surface area contributed by atoms with Gasteiger partial charge >= 0.3 is 0 Å². The monoisotopic (exact) mass is 381 g/mol. The molecule has 0 N–H and O–H groups in total. The van der Waals surface area contributed by atoms with Crippen LogP contribution in [0.4, 0.5) is 10.1 Å². The van der Waals surface area contributed by atoms with Crippen LogP contribution in [0.3, 0.4) is 0 Å². The molecule has 1 unspecified atom stereocenters. The minimum absolute atomic E-state index is 0.00903. The molecule has 8 heteroatoms. The molecule has 0 aromatic heterocycles. The molecule has 0 bridgehead atoms. The summed E-state index contributed by atoms with van der Waals surface area (Å²) in [5.41, 5.74) is 0.112. The third-order valence-corrected chi connectivity index (χ3v) is 6.15. The summed E-state index contributed by atoms with van der Waals surface area (Å²) >= 11 is 5.85. The van der Waals surface area contributed by atoms with E-state index in [2.05, 4.69) is 4.90 Å². The lowest BCUT2D eigenvalue weighted by molar-refractivity contribution is -0.140. The molecule has 1 aromatic rings. The van der Waals surface area contributed by atoms with E-state index in [1.54, 1.807) is 22.9 Å². The molecule has 2 amide bonds. The van der Waals surface area contributed by atoms with E-state index >= 15 is 0 Å². The van der Waals surface area contributed by atoms with Crippen LogP contribution in [0.2, 0.25) is 5.02 Å². The Labute approximate surface area is 156 Å². The number of halogens is 2. The number of hydrogen-bond donors (Lipinski definition) is 0. The summed E-state index contributed by atoms with van der Waals surface area (Å²) < 4.78 is 19.1. The van der Waals surface area contributed by atoms with Gasteiger partial charge in [0.1, 0.15) is 18.1 Å². The normalized spacial score (nSPS) is 26.3. The van der Waals surface area contributed by atoms with Crippen LogP contribution in [0.25, 0.3) is 0 Å². The minimum atomic E-state index is -0.514. The van der Waals surface area contributed by atoms with E-state index in [4.69, 9.17) is 16.3 Å². The highest BCUT2D eigenvalue weighted by Crippen LogP contribution is 2.36. The zero-order valence-corrected chi connectivity index (χ0v) is 15.3. The molecule has 4 rings (SSSR count). The average Bonchev–Trinajstić information content (AvgIpc) is 3.14. The van der Waals surface area contributed by atoms with Crippen LogP contribution in [0.5, 0.6) is 0 Å². The molecule has 3 fully saturated rings. The van der Waals surface area contributed by atoms with Crippen molar-refractivity contribution >= 4 is 29.1 Å². The average molecular weight is 382 g/mol. The Morgan fingerprint density at radius 1 is 1.23 bits per heavy atom. The van der Waals surface area contributed by atoms with E-state index in [0.29, 0.717) is 38.2 Å². The molecule has 0 saturated carbocycles. The van der Waals surface area contributed by atoms with E-state index in [1.165, 1.54) is 12.1 Å². The molecule has 3 aliphatic rings. The zero-order valence-electron chi connectivity index (χ0n) is 14.6. The van der Waals surface area contributed by atoms with Gasteiger partial charge in [-0.25, -0.2) is 4.39 Å². The highest BCUT2D eigenvalue weighted by Gasteiger charge is 2.48. The maximum absolute atomic E-state index is 13.4. The standard InChI is InChI=1S/C18H21ClFN3O3/c1-21-16(24)11-26-18(21)5-8-22(9-6-18)15-4-7-23(17(15)25)12-2-3-14(20)13(19)10-12/h2-3,10,15H,4-9,11H2,1H3. The SMILES string of the molecule is CN1C(=O)COC12CCN(C1CCN(c3ccc(F)c(Cl)c3)C1=O)CC2. The quantitative estimate of drug-likeness (QED) is 0.784. The van der Waals surface area contributed by atoms with E-state index in [1.807, 2.05) is 0 Å². The van der Waals surface area contributed by atoms with Crippen molar-refractivity contribution in [1.82, 2.24) is 9.80 Å².